The molecule has 1 aliphatic heterocycles. The van der Waals surface area contributed by atoms with Crippen molar-refractivity contribution in [2.24, 2.45) is 5.73 Å². The van der Waals surface area contributed by atoms with Gasteiger partial charge in [0.1, 0.15) is 49.0 Å². The molecule has 0 spiro atoms. The third kappa shape index (κ3) is 7.81. The first-order valence-electron chi connectivity index (χ1n) is 15.8. The highest BCUT2D eigenvalue weighted by atomic mass is 16.5. The van der Waals surface area contributed by atoms with E-state index in [9.17, 15) is 4.79 Å². The second kappa shape index (κ2) is 14.4. The summed E-state index contributed by atoms with van der Waals surface area (Å²) in [6.45, 7) is 5.59. The zero-order valence-electron chi connectivity index (χ0n) is 27.7. The first kappa shape index (κ1) is 32.8. The summed E-state index contributed by atoms with van der Waals surface area (Å²) >= 11 is 0. The van der Waals surface area contributed by atoms with Crippen molar-refractivity contribution in [3.8, 4) is 34.8 Å². The lowest BCUT2D eigenvalue weighted by Gasteiger charge is -2.16. The van der Waals surface area contributed by atoms with Gasteiger partial charge in [0.25, 0.3) is 5.91 Å². The lowest BCUT2D eigenvalue weighted by atomic mass is 10.0. The molecule has 5 aromatic heterocycles. The highest BCUT2D eigenvalue weighted by Gasteiger charge is 2.25. The largest absolute Gasteiger partial charge is 0.467 e. The molecule has 260 valence electrons. The van der Waals surface area contributed by atoms with E-state index in [2.05, 4.69) is 47.0 Å². The fourth-order valence-electron chi connectivity index (χ4n) is 4.93. The zero-order valence-corrected chi connectivity index (χ0v) is 27.7. The molecular formula is C35H33N9O7. The standard InChI is InChI=1S/C35H33N9O7/c1-20-5-4-6-30-38-27(17-47-30)33-43-29(19-51-33)35-41-26(16-50-35)31(45)39-24(13-21-7-9-22(10-8-21)37-11-12-44(2)3)25-15-49-34(40-25)28-18-48-32(42-28)23(36)14-46-20/h4,6-10,14-19,24,37H,1,5,11-13,36H2,2-3H3,(H,39,45)/b6-4+,23-14-. The van der Waals surface area contributed by atoms with E-state index in [0.717, 1.165) is 24.3 Å². The second-order valence-electron chi connectivity index (χ2n) is 11.8. The molecule has 1 unspecified atom stereocenters. The monoisotopic (exact) mass is 691 g/mol. The van der Waals surface area contributed by atoms with Gasteiger partial charge in [-0.1, -0.05) is 24.8 Å². The van der Waals surface area contributed by atoms with Crippen LogP contribution in [0.3, 0.4) is 0 Å². The maximum Gasteiger partial charge on any atom is 0.273 e. The van der Waals surface area contributed by atoms with Gasteiger partial charge in [-0.15, -0.1) is 0 Å². The number of likely N-dealkylation sites (N-methyl/N-ethyl adjacent to an activating group) is 1. The molecule has 1 aromatic carbocycles. The molecule has 16 nitrogen and oxygen atoms in total. The molecule has 6 aromatic rings. The smallest absolute Gasteiger partial charge is 0.273 e. The molecule has 0 aliphatic carbocycles. The average Bonchev–Trinajstić information content (AvgIpc) is 3.96. The lowest BCUT2D eigenvalue weighted by molar-refractivity contribution is 0.0930. The molecule has 4 N–H and O–H groups in total. The Morgan fingerprint density at radius 2 is 1.47 bits per heavy atom. The Hall–Kier alpha value is -6.68. The van der Waals surface area contributed by atoms with Crippen LogP contribution in [0.25, 0.3) is 46.5 Å². The van der Waals surface area contributed by atoms with Crippen LogP contribution in [0.2, 0.25) is 0 Å². The van der Waals surface area contributed by atoms with E-state index >= 15 is 0 Å². The van der Waals surface area contributed by atoms with Gasteiger partial charge in [-0.05, 0) is 44.3 Å². The number of nitrogens with one attached hydrogen (secondary N) is 2. The summed E-state index contributed by atoms with van der Waals surface area (Å²) in [5.41, 5.74) is 9.56. The number of ether oxygens (including phenoxy) is 1. The summed E-state index contributed by atoms with van der Waals surface area (Å²) in [6, 6.07) is 7.31. The van der Waals surface area contributed by atoms with Crippen LogP contribution in [0.1, 0.15) is 46.0 Å². The van der Waals surface area contributed by atoms with Gasteiger partial charge in [-0.3, -0.25) is 4.79 Å². The number of aromatic nitrogens is 5. The van der Waals surface area contributed by atoms with Crippen molar-refractivity contribution >= 4 is 23.4 Å². The summed E-state index contributed by atoms with van der Waals surface area (Å²) in [5, 5.41) is 6.41. The van der Waals surface area contributed by atoms with Crippen LogP contribution in [-0.2, 0) is 11.2 Å². The topological polar surface area (TPSA) is 210 Å². The number of fused-ring (bicyclic) bond motifs is 13. The minimum atomic E-state index is -0.637. The summed E-state index contributed by atoms with van der Waals surface area (Å²) in [4.78, 5) is 37.9. The van der Waals surface area contributed by atoms with Crippen molar-refractivity contribution in [3.05, 3.63) is 109 Å². The van der Waals surface area contributed by atoms with Gasteiger partial charge in [0.05, 0.1) is 11.8 Å². The number of anilines is 1. The molecule has 1 atom stereocenters. The van der Waals surface area contributed by atoms with Gasteiger partial charge < -0.3 is 48.1 Å². The third-order valence-electron chi connectivity index (χ3n) is 7.60. The van der Waals surface area contributed by atoms with Crippen LogP contribution in [0, 0.1) is 0 Å². The van der Waals surface area contributed by atoms with Gasteiger partial charge in [-0.2, -0.15) is 0 Å². The summed E-state index contributed by atoms with van der Waals surface area (Å²) in [7, 11) is 4.05. The second-order valence-corrected chi connectivity index (χ2v) is 11.8. The SMILES string of the molecule is C=C1C/C=C/c2nc(co2)-c2nc(co2)-c2nc(co2)C(=O)NC(Cc2ccc(NCCN(C)C)cc2)c2coc(n2)-c2coc(n2)/C(N)=C/O1. The van der Waals surface area contributed by atoms with E-state index in [0.29, 0.717) is 35.9 Å². The lowest BCUT2D eigenvalue weighted by Crippen LogP contribution is -2.30. The summed E-state index contributed by atoms with van der Waals surface area (Å²) in [6.07, 6.45) is 12.2. The molecule has 0 saturated carbocycles. The Morgan fingerprint density at radius 1 is 0.843 bits per heavy atom. The first-order valence-corrected chi connectivity index (χ1v) is 15.8. The van der Waals surface area contributed by atoms with E-state index in [1.807, 2.05) is 38.4 Å². The van der Waals surface area contributed by atoms with E-state index in [1.165, 1.54) is 37.6 Å². The van der Waals surface area contributed by atoms with Crippen molar-refractivity contribution in [3.63, 3.8) is 0 Å². The molecule has 6 heterocycles. The number of nitrogens with two attached hydrogens (primary N) is 1. The zero-order chi connectivity index (χ0) is 35.3. The van der Waals surface area contributed by atoms with Crippen LogP contribution < -0.4 is 16.4 Å². The molecule has 1 amide bonds. The number of carbonyl (C=O) groups excluding carboxylic acids is 1. The maximum absolute atomic E-state index is 13.6. The van der Waals surface area contributed by atoms with Gasteiger partial charge in [0, 0.05) is 25.2 Å². The molecule has 7 rings (SSSR count). The Labute approximate surface area is 290 Å². The van der Waals surface area contributed by atoms with Gasteiger partial charge >= 0.3 is 0 Å². The van der Waals surface area contributed by atoms with E-state index in [-0.39, 0.29) is 46.3 Å². The predicted octanol–water partition coefficient (Wildman–Crippen LogP) is 5.52. The minimum Gasteiger partial charge on any atom is -0.467 e. The fourth-order valence-corrected chi connectivity index (χ4v) is 4.93. The van der Waals surface area contributed by atoms with E-state index in [1.54, 1.807) is 12.2 Å². The Bertz CT molecular complexity index is 2200. The van der Waals surface area contributed by atoms with Crippen molar-refractivity contribution in [2.75, 3.05) is 32.5 Å². The number of hydrogen-bond acceptors (Lipinski definition) is 15. The van der Waals surface area contributed by atoms with Crippen molar-refractivity contribution in [1.82, 2.24) is 35.1 Å². The average molecular weight is 692 g/mol. The van der Waals surface area contributed by atoms with Crippen molar-refractivity contribution in [1.29, 1.82) is 0 Å². The highest BCUT2D eigenvalue weighted by Crippen LogP contribution is 2.27. The normalized spacial score (nSPS) is 16.8. The molecule has 51 heavy (non-hydrogen) atoms. The Balaban J connectivity index is 1.19. The molecule has 0 radical (unpaired) electrons. The molecule has 16 heteroatoms. The predicted molar refractivity (Wildman–Crippen MR) is 183 cm³/mol. The first-order chi connectivity index (χ1) is 24.8. The number of carbonyl (C=O) groups is 1. The number of hydrogen-bond donors (Lipinski definition) is 3. The van der Waals surface area contributed by atoms with Crippen LogP contribution >= 0.6 is 0 Å². The van der Waals surface area contributed by atoms with Gasteiger partial charge in [0.15, 0.2) is 22.8 Å². The minimum absolute atomic E-state index is 0.0234. The quantitative estimate of drug-likeness (QED) is 0.196. The Kier molecular flexibility index (Phi) is 9.30. The van der Waals surface area contributed by atoms with Gasteiger partial charge in [0.2, 0.25) is 29.5 Å². The molecule has 1 aliphatic rings. The van der Waals surface area contributed by atoms with Crippen molar-refractivity contribution < 1.29 is 31.6 Å². The molecule has 0 fully saturated rings. The highest BCUT2D eigenvalue weighted by molar-refractivity contribution is 5.92. The number of benzene rings is 1. The van der Waals surface area contributed by atoms with Crippen LogP contribution in [0.5, 0.6) is 0 Å². The number of rotatable bonds is 6. The molecule has 10 bridgehead atoms. The van der Waals surface area contributed by atoms with E-state index < -0.39 is 11.9 Å². The Morgan fingerprint density at radius 3 is 2.24 bits per heavy atom. The van der Waals surface area contributed by atoms with Gasteiger partial charge in [-0.25, -0.2) is 24.9 Å². The van der Waals surface area contributed by atoms with Crippen LogP contribution in [0.4, 0.5) is 5.69 Å². The number of oxazole rings is 5. The van der Waals surface area contributed by atoms with Crippen molar-refractivity contribution in [2.45, 2.75) is 18.9 Å². The van der Waals surface area contributed by atoms with E-state index in [4.69, 9.17) is 32.6 Å². The number of nitrogens with zero attached hydrogens (tertiary/aromatic N) is 6. The van der Waals surface area contributed by atoms with Crippen LogP contribution in [0.15, 0.2) is 102 Å². The molecular weight excluding hydrogens is 658 g/mol. The third-order valence-corrected chi connectivity index (χ3v) is 7.60. The number of allylic oxidation sites excluding steroid dienone is 1. The molecule has 0 saturated heterocycles. The summed E-state index contributed by atoms with van der Waals surface area (Å²) in [5.74, 6) is 0.688. The number of amides is 1. The maximum atomic E-state index is 13.6. The fraction of sp³-hybridized carbons (Fsp3) is 0.200. The summed E-state index contributed by atoms with van der Waals surface area (Å²) < 4.78 is 33.6. The van der Waals surface area contributed by atoms with Crippen LogP contribution in [-0.4, -0.2) is 62.9 Å².